The highest BCUT2D eigenvalue weighted by atomic mass is 35.5. The number of hydrogen-bond donors (Lipinski definition) is 1. The predicted octanol–water partition coefficient (Wildman–Crippen LogP) is 3.18. The Morgan fingerprint density at radius 3 is 2.62 bits per heavy atom. The molecule has 2 aromatic rings. The molecule has 1 spiro atoms. The van der Waals surface area contributed by atoms with Crippen molar-refractivity contribution < 1.29 is 4.74 Å². The third-order valence-corrected chi connectivity index (χ3v) is 6.48. The summed E-state index contributed by atoms with van der Waals surface area (Å²) in [4.78, 5) is 6.64. The van der Waals surface area contributed by atoms with Gasteiger partial charge in [-0.2, -0.15) is 0 Å². The van der Waals surface area contributed by atoms with Crippen LogP contribution in [0.4, 0.5) is 5.95 Å². The average Bonchev–Trinajstić information content (AvgIpc) is 2.94. The maximum Gasteiger partial charge on any atom is 0.245 e. The van der Waals surface area contributed by atoms with E-state index in [-0.39, 0.29) is 17.6 Å². The molecule has 0 amide bonds. The van der Waals surface area contributed by atoms with Gasteiger partial charge >= 0.3 is 0 Å². The van der Waals surface area contributed by atoms with Gasteiger partial charge in [0.15, 0.2) is 0 Å². The summed E-state index contributed by atoms with van der Waals surface area (Å²) >= 11 is 12.3. The maximum atomic E-state index is 6.37. The molecule has 2 aliphatic heterocycles. The van der Waals surface area contributed by atoms with E-state index >= 15 is 0 Å². The summed E-state index contributed by atoms with van der Waals surface area (Å²) in [5.41, 5.74) is 7.79. The molecule has 0 saturated carbocycles. The van der Waals surface area contributed by atoms with Gasteiger partial charge in [0.25, 0.3) is 0 Å². The van der Waals surface area contributed by atoms with Crippen molar-refractivity contribution in [2.24, 2.45) is 11.1 Å². The Kier molecular flexibility index (Phi) is 4.77. The monoisotopic (exact) mass is 393 g/mol. The number of halogens is 2. The van der Waals surface area contributed by atoms with Crippen LogP contribution in [-0.2, 0) is 4.74 Å². The molecule has 6 nitrogen and oxygen atoms in total. The number of nitrogens with two attached hydrogens (primary N) is 1. The van der Waals surface area contributed by atoms with Gasteiger partial charge in [-0.05, 0) is 25.8 Å². The number of hydrogen-bond acceptors (Lipinski definition) is 6. The van der Waals surface area contributed by atoms with Crippen LogP contribution in [0.25, 0.3) is 11.3 Å². The van der Waals surface area contributed by atoms with Crippen molar-refractivity contribution in [1.82, 2.24) is 15.2 Å². The lowest BCUT2D eigenvalue weighted by Crippen LogP contribution is -2.51. The Hall–Kier alpha value is -1.47. The zero-order chi connectivity index (χ0) is 18.3. The number of ether oxygens (including phenoxy) is 1. The molecule has 0 unspecified atom stereocenters. The predicted molar refractivity (Wildman–Crippen MR) is 103 cm³/mol. The molecule has 1 aromatic carbocycles. The minimum atomic E-state index is 0.0810. The number of anilines is 1. The zero-order valence-electron chi connectivity index (χ0n) is 14.5. The van der Waals surface area contributed by atoms with Crippen molar-refractivity contribution in [2.75, 3.05) is 24.6 Å². The molecular weight excluding hydrogens is 373 g/mol. The number of aromatic nitrogens is 3. The van der Waals surface area contributed by atoms with Crippen LogP contribution >= 0.6 is 23.2 Å². The second-order valence-corrected chi connectivity index (χ2v) is 7.92. The summed E-state index contributed by atoms with van der Waals surface area (Å²) in [6.07, 6.45) is 3.77. The van der Waals surface area contributed by atoms with E-state index in [0.717, 1.165) is 38.1 Å². The first kappa shape index (κ1) is 17.9. The summed E-state index contributed by atoms with van der Waals surface area (Å²) in [5.74, 6) is 0.627. The Morgan fingerprint density at radius 2 is 2.00 bits per heavy atom. The molecule has 3 heterocycles. The lowest BCUT2D eigenvalue weighted by molar-refractivity contribution is 0.0973. The number of benzene rings is 1. The first-order valence-corrected chi connectivity index (χ1v) is 9.52. The van der Waals surface area contributed by atoms with Gasteiger partial charge in [-0.1, -0.05) is 35.3 Å². The molecule has 0 aliphatic carbocycles. The second-order valence-electron chi connectivity index (χ2n) is 7.14. The molecular formula is C18H21Cl2N5O. The molecule has 2 atom stereocenters. The molecule has 4 rings (SSSR count). The van der Waals surface area contributed by atoms with Crippen LogP contribution in [0.15, 0.2) is 24.4 Å². The zero-order valence-corrected chi connectivity index (χ0v) is 16.0. The molecule has 138 valence electrons. The minimum Gasteiger partial charge on any atom is -0.376 e. The molecule has 26 heavy (non-hydrogen) atoms. The van der Waals surface area contributed by atoms with Crippen LogP contribution in [0.5, 0.6) is 0 Å². The van der Waals surface area contributed by atoms with Gasteiger partial charge in [-0.25, -0.2) is 4.98 Å². The van der Waals surface area contributed by atoms with Crippen LogP contribution in [0.2, 0.25) is 10.0 Å². The SMILES string of the molecule is C[C@@H]1OCC2(CCN(c3ncc(-c4cccc(Cl)c4Cl)nn3)CC2)[C@@H]1N. The normalized spacial score (nSPS) is 25.0. The average molecular weight is 394 g/mol. The summed E-state index contributed by atoms with van der Waals surface area (Å²) in [7, 11) is 0. The van der Waals surface area contributed by atoms with Crippen LogP contribution < -0.4 is 10.6 Å². The van der Waals surface area contributed by atoms with Crippen LogP contribution in [0.1, 0.15) is 19.8 Å². The largest absolute Gasteiger partial charge is 0.376 e. The van der Waals surface area contributed by atoms with Gasteiger partial charge in [0.05, 0.1) is 29.0 Å². The number of piperidine rings is 1. The molecule has 0 bridgehead atoms. The van der Waals surface area contributed by atoms with Crippen molar-refractivity contribution in [3.05, 3.63) is 34.4 Å². The van der Waals surface area contributed by atoms with Gasteiger partial charge in [0.1, 0.15) is 5.69 Å². The Labute approximate surface area is 162 Å². The summed E-state index contributed by atoms with van der Waals surface area (Å²) in [5, 5.41) is 9.54. The van der Waals surface area contributed by atoms with Crippen molar-refractivity contribution in [3.8, 4) is 11.3 Å². The van der Waals surface area contributed by atoms with Crippen LogP contribution in [0, 0.1) is 5.41 Å². The lowest BCUT2D eigenvalue weighted by Gasteiger charge is -2.41. The molecule has 0 radical (unpaired) electrons. The molecule has 2 N–H and O–H groups in total. The molecule has 2 fully saturated rings. The summed E-state index contributed by atoms with van der Waals surface area (Å²) in [6, 6.07) is 5.52. The Bertz CT molecular complexity index is 793. The number of nitrogens with zero attached hydrogens (tertiary/aromatic N) is 4. The van der Waals surface area contributed by atoms with Gasteiger partial charge in [0, 0.05) is 30.1 Å². The van der Waals surface area contributed by atoms with Crippen LogP contribution in [0.3, 0.4) is 0 Å². The minimum absolute atomic E-state index is 0.0810. The summed E-state index contributed by atoms with van der Waals surface area (Å²) < 4.78 is 5.77. The maximum absolute atomic E-state index is 6.37. The fraction of sp³-hybridized carbons (Fsp3) is 0.500. The fourth-order valence-electron chi connectivity index (χ4n) is 3.86. The smallest absolute Gasteiger partial charge is 0.245 e. The third kappa shape index (κ3) is 3.05. The standard InChI is InChI=1S/C18H21Cl2N5O/c1-11-16(21)18(10-26-11)5-7-25(8-6-18)17-22-9-14(23-24-17)12-3-2-4-13(19)15(12)20/h2-4,9,11,16H,5-8,10,21H2,1H3/t11-,16+/m0/s1. The van der Waals surface area contributed by atoms with Gasteiger partial charge in [-0.15, -0.1) is 10.2 Å². The highest BCUT2D eigenvalue weighted by Crippen LogP contribution is 2.41. The molecule has 2 saturated heterocycles. The molecule has 8 heteroatoms. The van der Waals surface area contributed by atoms with E-state index < -0.39 is 0 Å². The van der Waals surface area contributed by atoms with Gasteiger partial charge < -0.3 is 15.4 Å². The van der Waals surface area contributed by atoms with E-state index in [0.29, 0.717) is 21.7 Å². The first-order valence-electron chi connectivity index (χ1n) is 8.76. The van der Waals surface area contributed by atoms with Crippen molar-refractivity contribution in [1.29, 1.82) is 0 Å². The van der Waals surface area contributed by atoms with Crippen molar-refractivity contribution in [2.45, 2.75) is 31.9 Å². The topological polar surface area (TPSA) is 77.2 Å². The van der Waals surface area contributed by atoms with Crippen molar-refractivity contribution in [3.63, 3.8) is 0 Å². The van der Waals surface area contributed by atoms with Gasteiger partial charge in [0.2, 0.25) is 5.95 Å². The third-order valence-electron chi connectivity index (χ3n) is 5.67. The Balaban J connectivity index is 1.48. The van der Waals surface area contributed by atoms with Crippen molar-refractivity contribution >= 4 is 29.2 Å². The highest BCUT2D eigenvalue weighted by molar-refractivity contribution is 6.43. The van der Waals surface area contributed by atoms with E-state index in [2.05, 4.69) is 27.0 Å². The molecule has 2 aliphatic rings. The first-order chi connectivity index (χ1) is 12.5. The van der Waals surface area contributed by atoms with Gasteiger partial charge in [-0.3, -0.25) is 0 Å². The lowest BCUT2D eigenvalue weighted by atomic mass is 9.73. The van der Waals surface area contributed by atoms with E-state index in [1.54, 1.807) is 12.3 Å². The summed E-state index contributed by atoms with van der Waals surface area (Å²) in [6.45, 7) is 4.50. The van der Waals surface area contributed by atoms with E-state index in [1.165, 1.54) is 0 Å². The van der Waals surface area contributed by atoms with E-state index in [9.17, 15) is 0 Å². The fourth-order valence-corrected chi connectivity index (χ4v) is 4.26. The molecule has 1 aromatic heterocycles. The second kappa shape index (κ2) is 6.93. The van der Waals surface area contributed by atoms with E-state index in [4.69, 9.17) is 33.7 Å². The number of rotatable bonds is 2. The van der Waals surface area contributed by atoms with Crippen LogP contribution in [-0.4, -0.2) is 47.0 Å². The van der Waals surface area contributed by atoms with E-state index in [1.807, 2.05) is 12.1 Å². The quantitative estimate of drug-likeness (QED) is 0.843. The Morgan fingerprint density at radius 1 is 1.23 bits per heavy atom. The highest BCUT2D eigenvalue weighted by Gasteiger charge is 2.47.